The summed E-state index contributed by atoms with van der Waals surface area (Å²) in [5.74, 6) is -1.98. The maximum absolute atomic E-state index is 13.6. The van der Waals surface area contributed by atoms with Crippen LogP contribution in [0.5, 0.6) is 0 Å². The third-order valence-corrected chi connectivity index (χ3v) is 5.06. The molecule has 2 amide bonds. The largest absolute Gasteiger partial charge is 0.459 e. The summed E-state index contributed by atoms with van der Waals surface area (Å²) in [4.78, 5) is 37.4. The number of amides is 2. The van der Waals surface area contributed by atoms with Crippen molar-refractivity contribution in [3.63, 3.8) is 0 Å². The van der Waals surface area contributed by atoms with E-state index in [0.717, 1.165) is 17.2 Å². The second kappa shape index (κ2) is 12.5. The number of carbonyl (C=O) groups is 3. The first-order chi connectivity index (χ1) is 16.4. The van der Waals surface area contributed by atoms with Crippen LogP contribution in [-0.2, 0) is 27.5 Å². The smallest absolute Gasteiger partial charge is 0.408 e. The lowest BCUT2D eigenvalue weighted by molar-refractivity contribution is -0.147. The molecule has 0 aliphatic rings. The van der Waals surface area contributed by atoms with Gasteiger partial charge in [-0.15, -0.1) is 0 Å². The molecule has 0 spiro atoms. The molecular weight excluding hydrogens is 507 g/mol. The zero-order valence-corrected chi connectivity index (χ0v) is 19.6. The average molecular weight is 529 g/mol. The zero-order chi connectivity index (χ0) is 24.3. The van der Waals surface area contributed by atoms with Gasteiger partial charge in [0, 0.05) is 16.6 Å². The predicted molar refractivity (Wildman–Crippen MR) is 126 cm³/mol. The van der Waals surface area contributed by atoms with Gasteiger partial charge in [0.1, 0.15) is 25.1 Å². The summed E-state index contributed by atoms with van der Waals surface area (Å²) in [5, 5.41) is 4.93. The van der Waals surface area contributed by atoms with Gasteiger partial charge >= 0.3 is 12.1 Å². The van der Waals surface area contributed by atoms with Gasteiger partial charge in [-0.25, -0.2) is 14.0 Å². The van der Waals surface area contributed by atoms with Crippen molar-refractivity contribution >= 4 is 33.9 Å². The lowest BCUT2D eigenvalue weighted by Gasteiger charge is -2.18. The van der Waals surface area contributed by atoms with E-state index < -0.39 is 29.8 Å². The first kappa shape index (κ1) is 24.9. The highest BCUT2D eigenvalue weighted by Gasteiger charge is 2.24. The van der Waals surface area contributed by atoms with Crippen LogP contribution in [0.3, 0.4) is 0 Å². The Balaban J connectivity index is 1.62. The number of alkyl carbamates (subject to hydrolysis) is 1. The quantitative estimate of drug-likeness (QED) is 0.402. The highest BCUT2D eigenvalue weighted by Crippen LogP contribution is 2.15. The second-order valence-electron chi connectivity index (χ2n) is 7.22. The molecule has 2 N–H and O–H groups in total. The van der Waals surface area contributed by atoms with Gasteiger partial charge in [-0.1, -0.05) is 76.6 Å². The van der Waals surface area contributed by atoms with E-state index in [1.54, 1.807) is 48.5 Å². The van der Waals surface area contributed by atoms with Crippen LogP contribution >= 0.6 is 15.9 Å². The molecule has 176 valence electrons. The lowest BCUT2D eigenvalue weighted by Crippen LogP contribution is -2.49. The molecule has 0 radical (unpaired) electrons. The first-order valence-corrected chi connectivity index (χ1v) is 11.1. The van der Waals surface area contributed by atoms with Gasteiger partial charge in [-0.3, -0.25) is 4.79 Å². The number of rotatable bonds is 9. The second-order valence-corrected chi connectivity index (χ2v) is 8.14. The molecule has 3 aromatic carbocycles. The third-order valence-electron chi connectivity index (χ3n) is 4.60. The molecular formula is C25H22BrFN2O5. The van der Waals surface area contributed by atoms with Gasteiger partial charge in [0.05, 0.1) is 0 Å². The summed E-state index contributed by atoms with van der Waals surface area (Å²) in [6, 6.07) is 20.5. The van der Waals surface area contributed by atoms with Crippen LogP contribution < -0.4 is 10.6 Å². The fourth-order valence-electron chi connectivity index (χ4n) is 2.91. The number of halogens is 2. The van der Waals surface area contributed by atoms with E-state index >= 15 is 0 Å². The Kier molecular flexibility index (Phi) is 9.16. The maximum atomic E-state index is 13.6. The van der Waals surface area contributed by atoms with Crippen LogP contribution in [0.25, 0.3) is 0 Å². The fourth-order valence-corrected chi connectivity index (χ4v) is 3.38. The molecule has 0 saturated carbocycles. The molecule has 0 unspecified atom stereocenters. The number of ether oxygens (including phenoxy) is 2. The van der Waals surface area contributed by atoms with Crippen molar-refractivity contribution in [2.24, 2.45) is 0 Å². The van der Waals surface area contributed by atoms with Crippen LogP contribution in [0, 0.1) is 5.82 Å². The van der Waals surface area contributed by atoms with E-state index in [-0.39, 0.29) is 25.3 Å². The van der Waals surface area contributed by atoms with Crippen molar-refractivity contribution in [3.05, 3.63) is 106 Å². The molecule has 0 heterocycles. The summed E-state index contributed by atoms with van der Waals surface area (Å²) < 4.78 is 24.5. The zero-order valence-electron chi connectivity index (χ0n) is 18.0. The minimum absolute atomic E-state index is 0.00212. The normalized spacial score (nSPS) is 11.2. The molecule has 34 heavy (non-hydrogen) atoms. The van der Waals surface area contributed by atoms with Crippen LogP contribution in [-0.4, -0.2) is 30.6 Å². The monoisotopic (exact) mass is 528 g/mol. The summed E-state index contributed by atoms with van der Waals surface area (Å²) in [6.45, 7) is -0.301. The molecule has 0 bridgehead atoms. The molecule has 1 atom stereocenters. The van der Waals surface area contributed by atoms with E-state index in [0.29, 0.717) is 4.47 Å². The fraction of sp³-hybridized carbons (Fsp3) is 0.160. The Morgan fingerprint density at radius 3 is 2.03 bits per heavy atom. The van der Waals surface area contributed by atoms with E-state index in [1.165, 1.54) is 12.1 Å². The molecule has 7 nitrogen and oxygen atoms in total. The molecule has 0 aliphatic heterocycles. The number of benzene rings is 3. The number of hydrogen-bond acceptors (Lipinski definition) is 5. The lowest BCUT2D eigenvalue weighted by atomic mass is 10.2. The van der Waals surface area contributed by atoms with Crippen LogP contribution in [0.4, 0.5) is 9.18 Å². The van der Waals surface area contributed by atoms with Crippen molar-refractivity contribution in [1.82, 2.24) is 10.6 Å². The minimum atomic E-state index is -1.23. The molecule has 0 aliphatic carbocycles. The minimum Gasteiger partial charge on any atom is -0.459 e. The molecule has 3 rings (SSSR count). The first-order valence-electron chi connectivity index (χ1n) is 10.3. The summed E-state index contributed by atoms with van der Waals surface area (Å²) >= 11 is 3.13. The third kappa shape index (κ3) is 8.00. The van der Waals surface area contributed by atoms with Crippen molar-refractivity contribution < 1.29 is 28.2 Å². The molecule has 0 saturated heterocycles. The number of carbonyl (C=O) groups excluding carboxylic acids is 3. The van der Waals surface area contributed by atoms with Crippen molar-refractivity contribution in [3.8, 4) is 0 Å². The van der Waals surface area contributed by atoms with Crippen LogP contribution in [0.2, 0.25) is 0 Å². The highest BCUT2D eigenvalue weighted by molar-refractivity contribution is 9.10. The Hall–Kier alpha value is -3.72. The van der Waals surface area contributed by atoms with E-state index in [1.807, 2.05) is 12.1 Å². The van der Waals surface area contributed by atoms with Crippen molar-refractivity contribution in [1.29, 1.82) is 0 Å². The van der Waals surface area contributed by atoms with Crippen molar-refractivity contribution in [2.75, 3.05) is 6.54 Å². The maximum Gasteiger partial charge on any atom is 0.408 e. The van der Waals surface area contributed by atoms with E-state index in [4.69, 9.17) is 9.47 Å². The van der Waals surface area contributed by atoms with Gasteiger partial charge in [-0.2, -0.15) is 0 Å². The van der Waals surface area contributed by atoms with Crippen LogP contribution in [0.1, 0.15) is 21.5 Å². The Morgan fingerprint density at radius 2 is 1.44 bits per heavy atom. The topological polar surface area (TPSA) is 93.7 Å². The predicted octanol–water partition coefficient (Wildman–Crippen LogP) is 4.36. The summed E-state index contributed by atoms with van der Waals surface area (Å²) in [6.07, 6.45) is -0.853. The van der Waals surface area contributed by atoms with Crippen LogP contribution in [0.15, 0.2) is 83.3 Å². The molecule has 9 heteroatoms. The Morgan fingerprint density at radius 1 is 0.853 bits per heavy atom. The number of esters is 1. The van der Waals surface area contributed by atoms with Crippen molar-refractivity contribution in [2.45, 2.75) is 19.3 Å². The van der Waals surface area contributed by atoms with Gasteiger partial charge in [0.15, 0.2) is 0 Å². The summed E-state index contributed by atoms with van der Waals surface area (Å²) in [5.41, 5.74) is 1.58. The molecule has 0 fully saturated rings. The highest BCUT2D eigenvalue weighted by atomic mass is 79.9. The van der Waals surface area contributed by atoms with Gasteiger partial charge in [-0.05, 0) is 29.3 Å². The standard InChI is InChI=1S/C25H22BrFN2O5/c26-20-11-19(12-21(27)13-20)23(30)28-14-22(24(31)33-15-17-7-3-1-4-8-17)29-25(32)34-16-18-9-5-2-6-10-18/h1-13,22H,14-16H2,(H,28,30)(H,29,32)/t22-/m1/s1. The van der Waals surface area contributed by atoms with E-state index in [2.05, 4.69) is 26.6 Å². The number of hydrogen-bond donors (Lipinski definition) is 2. The summed E-state index contributed by atoms with van der Waals surface area (Å²) in [7, 11) is 0. The number of nitrogens with one attached hydrogen (secondary N) is 2. The van der Waals surface area contributed by atoms with Gasteiger partial charge in [0.2, 0.25) is 0 Å². The van der Waals surface area contributed by atoms with Gasteiger partial charge in [0.25, 0.3) is 5.91 Å². The Bertz CT molecular complexity index is 1110. The molecule has 0 aromatic heterocycles. The SMILES string of the molecule is O=C(N[C@H](CNC(=O)c1cc(F)cc(Br)c1)C(=O)OCc1ccccc1)OCc1ccccc1. The van der Waals surface area contributed by atoms with Gasteiger partial charge < -0.3 is 20.1 Å². The average Bonchev–Trinajstić information content (AvgIpc) is 2.84. The molecule has 3 aromatic rings. The van der Waals surface area contributed by atoms with E-state index in [9.17, 15) is 18.8 Å². The Labute approximate surface area is 204 Å².